The van der Waals surface area contributed by atoms with E-state index in [9.17, 15) is 4.79 Å². The first-order valence-electron chi connectivity index (χ1n) is 5.62. The number of carbonyl (C=O) groups excluding carboxylic acids is 1. The van der Waals surface area contributed by atoms with Crippen LogP contribution in [-0.2, 0) is 4.79 Å². The maximum absolute atomic E-state index is 10.5. The number of para-hydroxylation sites is 2. The second-order valence-electron chi connectivity index (χ2n) is 3.88. The molecule has 0 aromatic heterocycles. The van der Waals surface area contributed by atoms with Crippen LogP contribution in [0.1, 0.15) is 0 Å². The van der Waals surface area contributed by atoms with E-state index in [0.29, 0.717) is 6.41 Å². The number of benzene rings is 1. The molecule has 1 heterocycles. The highest BCUT2D eigenvalue weighted by Gasteiger charge is 2.14. The van der Waals surface area contributed by atoms with Crippen LogP contribution in [0.25, 0.3) is 0 Å². The predicted octanol–water partition coefficient (Wildman–Crippen LogP) is -0.245. The Hall–Kier alpha value is -1.79. The number of nitrogens with zero attached hydrogens (tertiary/aromatic N) is 2. The van der Waals surface area contributed by atoms with Gasteiger partial charge in [0.05, 0.1) is 11.4 Å². The standard InChI is InChI=1S/C11H17N5O/c12-16(9-17)14-10-3-1-2-4-11(10)15-7-5-13-6-8-15/h1-4,9,13-14H,5-8,12H2. The largest absolute Gasteiger partial charge is 0.367 e. The molecule has 0 radical (unpaired) electrons. The minimum atomic E-state index is 0.536. The summed E-state index contributed by atoms with van der Waals surface area (Å²) in [6, 6.07) is 7.81. The van der Waals surface area contributed by atoms with Gasteiger partial charge in [-0.3, -0.25) is 10.2 Å². The Morgan fingerprint density at radius 3 is 2.76 bits per heavy atom. The van der Waals surface area contributed by atoms with Gasteiger partial charge in [0, 0.05) is 26.2 Å². The van der Waals surface area contributed by atoms with E-state index in [1.54, 1.807) is 0 Å². The molecule has 1 amide bonds. The molecule has 4 N–H and O–H groups in total. The quantitative estimate of drug-likeness (QED) is 0.290. The van der Waals surface area contributed by atoms with Gasteiger partial charge in [0.25, 0.3) is 0 Å². The van der Waals surface area contributed by atoms with E-state index < -0.39 is 0 Å². The SMILES string of the molecule is NN(C=O)Nc1ccccc1N1CCNCC1. The fourth-order valence-electron chi connectivity index (χ4n) is 1.92. The summed E-state index contributed by atoms with van der Waals surface area (Å²) < 4.78 is 0. The van der Waals surface area contributed by atoms with E-state index in [4.69, 9.17) is 5.84 Å². The predicted molar refractivity (Wildman–Crippen MR) is 67.2 cm³/mol. The van der Waals surface area contributed by atoms with Crippen LogP contribution < -0.4 is 21.5 Å². The maximum atomic E-state index is 10.5. The monoisotopic (exact) mass is 235 g/mol. The molecular formula is C11H17N5O. The molecular weight excluding hydrogens is 218 g/mol. The first-order chi connectivity index (χ1) is 8.31. The zero-order chi connectivity index (χ0) is 12.1. The maximum Gasteiger partial charge on any atom is 0.242 e. The number of carbonyl (C=O) groups is 1. The minimum Gasteiger partial charge on any atom is -0.367 e. The second-order valence-corrected chi connectivity index (χ2v) is 3.88. The number of nitrogens with two attached hydrogens (primary N) is 1. The molecule has 92 valence electrons. The van der Waals surface area contributed by atoms with Gasteiger partial charge in [-0.25, -0.2) is 5.84 Å². The van der Waals surface area contributed by atoms with Gasteiger partial charge in [0.2, 0.25) is 6.41 Å². The molecule has 0 atom stereocenters. The summed E-state index contributed by atoms with van der Waals surface area (Å²) in [5.74, 6) is 5.43. The van der Waals surface area contributed by atoms with Crippen LogP contribution in [0.3, 0.4) is 0 Å². The summed E-state index contributed by atoms with van der Waals surface area (Å²) in [6.45, 7) is 3.83. The van der Waals surface area contributed by atoms with Crippen molar-refractivity contribution in [1.82, 2.24) is 10.4 Å². The minimum absolute atomic E-state index is 0.536. The average molecular weight is 235 g/mol. The summed E-state index contributed by atoms with van der Waals surface area (Å²) in [5.41, 5.74) is 4.74. The fourth-order valence-corrected chi connectivity index (χ4v) is 1.92. The smallest absolute Gasteiger partial charge is 0.242 e. The molecule has 6 heteroatoms. The zero-order valence-electron chi connectivity index (χ0n) is 9.60. The Morgan fingerprint density at radius 1 is 1.35 bits per heavy atom. The number of rotatable bonds is 4. The van der Waals surface area contributed by atoms with Crippen molar-refractivity contribution in [3.63, 3.8) is 0 Å². The zero-order valence-corrected chi connectivity index (χ0v) is 9.60. The molecule has 6 nitrogen and oxygen atoms in total. The van der Waals surface area contributed by atoms with Crippen molar-refractivity contribution >= 4 is 17.8 Å². The summed E-state index contributed by atoms with van der Waals surface area (Å²) in [4.78, 5) is 12.8. The van der Waals surface area contributed by atoms with Gasteiger partial charge in [-0.1, -0.05) is 12.1 Å². The van der Waals surface area contributed by atoms with Crippen molar-refractivity contribution in [3.05, 3.63) is 24.3 Å². The van der Waals surface area contributed by atoms with E-state index in [2.05, 4.69) is 15.6 Å². The normalized spacial score (nSPS) is 15.5. The fraction of sp³-hybridized carbons (Fsp3) is 0.364. The highest BCUT2D eigenvalue weighted by Crippen LogP contribution is 2.25. The number of hydrogen-bond donors (Lipinski definition) is 3. The van der Waals surface area contributed by atoms with Gasteiger partial charge in [-0.2, -0.15) is 5.12 Å². The number of amides is 1. The summed E-state index contributed by atoms with van der Waals surface area (Å²) >= 11 is 0. The van der Waals surface area contributed by atoms with Crippen LogP contribution in [-0.4, -0.2) is 37.7 Å². The lowest BCUT2D eigenvalue weighted by Gasteiger charge is -2.31. The van der Waals surface area contributed by atoms with Gasteiger partial charge in [-0.15, -0.1) is 0 Å². The van der Waals surface area contributed by atoms with Gasteiger partial charge in [-0.05, 0) is 12.1 Å². The van der Waals surface area contributed by atoms with Crippen molar-refractivity contribution < 1.29 is 4.79 Å². The molecule has 17 heavy (non-hydrogen) atoms. The summed E-state index contributed by atoms with van der Waals surface area (Å²) in [7, 11) is 0. The molecule has 1 aromatic carbocycles. The number of hydrogen-bond acceptors (Lipinski definition) is 5. The molecule has 1 fully saturated rings. The topological polar surface area (TPSA) is 73.6 Å². The molecule has 1 aromatic rings. The molecule has 2 rings (SSSR count). The molecule has 1 aliphatic rings. The molecule has 1 aliphatic heterocycles. The number of anilines is 2. The average Bonchev–Trinajstić information content (AvgIpc) is 2.40. The molecule has 1 saturated heterocycles. The van der Waals surface area contributed by atoms with E-state index in [1.807, 2.05) is 24.3 Å². The Kier molecular flexibility index (Phi) is 3.79. The van der Waals surface area contributed by atoms with Crippen molar-refractivity contribution in [2.45, 2.75) is 0 Å². The molecule has 0 spiro atoms. The van der Waals surface area contributed by atoms with E-state index in [-0.39, 0.29) is 0 Å². The highest BCUT2D eigenvalue weighted by atomic mass is 16.2. The molecule has 0 unspecified atom stereocenters. The van der Waals surface area contributed by atoms with Gasteiger partial charge >= 0.3 is 0 Å². The first-order valence-corrected chi connectivity index (χ1v) is 5.62. The summed E-state index contributed by atoms with van der Waals surface area (Å²) in [5, 5.41) is 4.22. The highest BCUT2D eigenvalue weighted by molar-refractivity contribution is 5.71. The second kappa shape index (κ2) is 5.51. The van der Waals surface area contributed by atoms with Crippen molar-refractivity contribution in [1.29, 1.82) is 0 Å². The van der Waals surface area contributed by atoms with Gasteiger partial charge in [0.15, 0.2) is 0 Å². The van der Waals surface area contributed by atoms with Crippen LogP contribution in [0.4, 0.5) is 11.4 Å². The third-order valence-corrected chi connectivity index (χ3v) is 2.72. The van der Waals surface area contributed by atoms with Crippen LogP contribution >= 0.6 is 0 Å². The van der Waals surface area contributed by atoms with Crippen LogP contribution in [0.5, 0.6) is 0 Å². The third kappa shape index (κ3) is 2.86. The molecule has 0 saturated carbocycles. The lowest BCUT2D eigenvalue weighted by Crippen LogP contribution is -2.44. The Balaban J connectivity index is 2.17. The Labute approximate surface area is 100 Å². The number of hydrazine groups is 2. The van der Waals surface area contributed by atoms with Crippen LogP contribution in [0.15, 0.2) is 24.3 Å². The van der Waals surface area contributed by atoms with Crippen molar-refractivity contribution in [3.8, 4) is 0 Å². The van der Waals surface area contributed by atoms with Gasteiger partial charge < -0.3 is 10.2 Å². The number of piperazine rings is 1. The summed E-state index contributed by atoms with van der Waals surface area (Å²) in [6.07, 6.45) is 0.536. The van der Waals surface area contributed by atoms with Crippen LogP contribution in [0, 0.1) is 0 Å². The van der Waals surface area contributed by atoms with E-state index >= 15 is 0 Å². The third-order valence-electron chi connectivity index (χ3n) is 2.72. The molecule has 0 aliphatic carbocycles. The van der Waals surface area contributed by atoms with Crippen LogP contribution in [0.2, 0.25) is 0 Å². The van der Waals surface area contributed by atoms with E-state index in [0.717, 1.165) is 42.7 Å². The van der Waals surface area contributed by atoms with Crippen molar-refractivity contribution in [2.24, 2.45) is 5.84 Å². The Morgan fingerprint density at radius 2 is 2.06 bits per heavy atom. The first kappa shape index (κ1) is 11.7. The molecule has 0 bridgehead atoms. The van der Waals surface area contributed by atoms with Gasteiger partial charge in [0.1, 0.15) is 0 Å². The van der Waals surface area contributed by atoms with E-state index in [1.165, 1.54) is 0 Å². The number of nitrogens with one attached hydrogen (secondary N) is 2. The lowest BCUT2D eigenvalue weighted by molar-refractivity contribution is -0.117. The lowest BCUT2D eigenvalue weighted by atomic mass is 10.2. The Bertz CT molecular complexity index is 378. The van der Waals surface area contributed by atoms with Crippen molar-refractivity contribution in [2.75, 3.05) is 36.5 Å².